The van der Waals surface area contributed by atoms with Gasteiger partial charge in [0.25, 0.3) is 0 Å². The van der Waals surface area contributed by atoms with E-state index < -0.39 is 0 Å². The number of urea groups is 1. The number of para-hydroxylation sites is 1. The number of amides is 2. The number of hydrogen-bond donors (Lipinski definition) is 1. The molecule has 1 N–H and O–H groups in total. The van der Waals surface area contributed by atoms with Gasteiger partial charge in [-0.15, -0.1) is 0 Å². The molecule has 0 bridgehead atoms. The summed E-state index contributed by atoms with van der Waals surface area (Å²) in [6.07, 6.45) is 4.64. The van der Waals surface area contributed by atoms with Crippen LogP contribution in [0.3, 0.4) is 0 Å². The second-order valence-electron chi connectivity index (χ2n) is 4.91. The van der Waals surface area contributed by atoms with Crippen molar-refractivity contribution in [3.63, 3.8) is 0 Å². The van der Waals surface area contributed by atoms with Crippen LogP contribution in [0, 0.1) is 0 Å². The molecule has 0 aliphatic carbocycles. The number of halogens is 1. The molecular formula is C15H21ClN2O2. The second-order valence-corrected chi connectivity index (χ2v) is 5.32. The highest BCUT2D eigenvalue weighted by Gasteiger charge is 2.14. The Morgan fingerprint density at radius 2 is 1.90 bits per heavy atom. The van der Waals surface area contributed by atoms with Crippen LogP contribution in [0.15, 0.2) is 24.3 Å². The molecule has 0 spiro atoms. The maximum atomic E-state index is 12.0. The van der Waals surface area contributed by atoms with Crippen molar-refractivity contribution < 1.29 is 9.53 Å². The highest BCUT2D eigenvalue weighted by Crippen LogP contribution is 2.22. The molecule has 0 aromatic heterocycles. The van der Waals surface area contributed by atoms with Crippen molar-refractivity contribution in [2.45, 2.75) is 25.7 Å². The first-order chi connectivity index (χ1) is 9.77. The van der Waals surface area contributed by atoms with E-state index in [1.54, 1.807) is 6.07 Å². The number of carbonyl (C=O) groups excluding carboxylic acids is 1. The maximum absolute atomic E-state index is 12.0. The van der Waals surface area contributed by atoms with Crippen LogP contribution >= 0.6 is 11.6 Å². The van der Waals surface area contributed by atoms with E-state index in [1.165, 1.54) is 12.8 Å². The highest BCUT2D eigenvalue weighted by atomic mass is 35.5. The Kier molecular flexibility index (Phi) is 5.99. The van der Waals surface area contributed by atoms with Gasteiger partial charge in [0, 0.05) is 13.1 Å². The van der Waals surface area contributed by atoms with Crippen LogP contribution in [0.5, 0.6) is 5.75 Å². The molecule has 2 amide bonds. The first kappa shape index (κ1) is 15.0. The van der Waals surface area contributed by atoms with Crippen molar-refractivity contribution in [3.8, 4) is 5.75 Å². The first-order valence-corrected chi connectivity index (χ1v) is 7.55. The van der Waals surface area contributed by atoms with Crippen LogP contribution in [0.25, 0.3) is 0 Å². The Balaban J connectivity index is 1.67. The summed E-state index contributed by atoms with van der Waals surface area (Å²) in [5, 5.41) is 3.48. The van der Waals surface area contributed by atoms with Gasteiger partial charge in [0.1, 0.15) is 12.4 Å². The molecule has 0 atom stereocenters. The molecule has 1 heterocycles. The molecule has 20 heavy (non-hydrogen) atoms. The predicted octanol–water partition coefficient (Wildman–Crippen LogP) is 3.30. The molecule has 1 saturated heterocycles. The highest BCUT2D eigenvalue weighted by molar-refractivity contribution is 6.32. The van der Waals surface area contributed by atoms with Gasteiger partial charge in [-0.2, -0.15) is 0 Å². The lowest BCUT2D eigenvalue weighted by atomic mass is 10.2. The summed E-state index contributed by atoms with van der Waals surface area (Å²) in [5.74, 6) is 0.651. The summed E-state index contributed by atoms with van der Waals surface area (Å²) in [6.45, 7) is 2.62. The van der Waals surface area contributed by atoms with Crippen molar-refractivity contribution in [1.82, 2.24) is 10.2 Å². The van der Waals surface area contributed by atoms with Gasteiger partial charge in [-0.3, -0.25) is 0 Å². The number of nitrogens with one attached hydrogen (secondary N) is 1. The molecule has 1 aromatic rings. The number of ether oxygens (including phenoxy) is 1. The third-order valence-corrected chi connectivity index (χ3v) is 3.68. The zero-order valence-corrected chi connectivity index (χ0v) is 12.4. The van der Waals surface area contributed by atoms with Crippen LogP contribution in [0.4, 0.5) is 4.79 Å². The Morgan fingerprint density at radius 3 is 2.60 bits per heavy atom. The van der Waals surface area contributed by atoms with Crippen LogP contribution < -0.4 is 10.1 Å². The van der Waals surface area contributed by atoms with E-state index in [2.05, 4.69) is 5.32 Å². The van der Waals surface area contributed by atoms with Crippen LogP contribution in [-0.2, 0) is 0 Å². The molecule has 5 heteroatoms. The zero-order valence-electron chi connectivity index (χ0n) is 11.6. The monoisotopic (exact) mass is 296 g/mol. The maximum Gasteiger partial charge on any atom is 0.317 e. The molecule has 0 radical (unpaired) electrons. The van der Waals surface area contributed by atoms with E-state index in [4.69, 9.17) is 16.3 Å². The fraction of sp³-hybridized carbons (Fsp3) is 0.533. The standard InChI is InChI=1S/C15H21ClN2O2/c16-13-7-3-4-8-14(13)20-12-9-17-15(19)18-10-5-1-2-6-11-18/h3-4,7-8H,1-2,5-6,9-12H2,(H,17,19). The summed E-state index contributed by atoms with van der Waals surface area (Å²) < 4.78 is 5.53. The Labute approximate surface area is 125 Å². The van der Waals surface area contributed by atoms with E-state index in [9.17, 15) is 4.79 Å². The topological polar surface area (TPSA) is 41.6 Å². The summed E-state index contributed by atoms with van der Waals surface area (Å²) in [7, 11) is 0. The van der Waals surface area contributed by atoms with Crippen molar-refractivity contribution in [2.24, 2.45) is 0 Å². The van der Waals surface area contributed by atoms with Crippen molar-refractivity contribution >= 4 is 17.6 Å². The minimum Gasteiger partial charge on any atom is -0.490 e. The SMILES string of the molecule is O=C(NCCOc1ccccc1Cl)N1CCCCCC1. The van der Waals surface area contributed by atoms with E-state index in [0.29, 0.717) is 23.9 Å². The van der Waals surface area contributed by atoms with Gasteiger partial charge in [0.05, 0.1) is 11.6 Å². The van der Waals surface area contributed by atoms with E-state index in [1.807, 2.05) is 23.1 Å². The summed E-state index contributed by atoms with van der Waals surface area (Å²) >= 11 is 5.99. The fourth-order valence-electron chi connectivity index (χ4n) is 2.27. The Bertz CT molecular complexity index is 432. The summed E-state index contributed by atoms with van der Waals surface area (Å²) in [6, 6.07) is 7.34. The number of benzene rings is 1. The molecule has 4 nitrogen and oxygen atoms in total. The predicted molar refractivity (Wildman–Crippen MR) is 80.4 cm³/mol. The third kappa shape index (κ3) is 4.60. The number of hydrogen-bond acceptors (Lipinski definition) is 2. The third-order valence-electron chi connectivity index (χ3n) is 3.37. The van der Waals surface area contributed by atoms with Crippen LogP contribution in [0.2, 0.25) is 5.02 Å². The minimum absolute atomic E-state index is 0.00894. The van der Waals surface area contributed by atoms with Crippen molar-refractivity contribution in [1.29, 1.82) is 0 Å². The number of likely N-dealkylation sites (tertiary alicyclic amines) is 1. The molecule has 1 aromatic carbocycles. The second kappa shape index (κ2) is 8.00. The normalized spacial score (nSPS) is 15.6. The fourth-order valence-corrected chi connectivity index (χ4v) is 2.46. The number of rotatable bonds is 4. The van der Waals surface area contributed by atoms with Gasteiger partial charge >= 0.3 is 6.03 Å². The lowest BCUT2D eigenvalue weighted by Crippen LogP contribution is -2.41. The van der Waals surface area contributed by atoms with Crippen LogP contribution in [-0.4, -0.2) is 37.2 Å². The number of carbonyl (C=O) groups is 1. The van der Waals surface area contributed by atoms with Gasteiger partial charge in [-0.1, -0.05) is 36.6 Å². The lowest BCUT2D eigenvalue weighted by molar-refractivity contribution is 0.196. The van der Waals surface area contributed by atoms with E-state index >= 15 is 0 Å². The quantitative estimate of drug-likeness (QED) is 0.866. The van der Waals surface area contributed by atoms with E-state index in [0.717, 1.165) is 25.9 Å². The van der Waals surface area contributed by atoms with E-state index in [-0.39, 0.29) is 6.03 Å². The summed E-state index contributed by atoms with van der Waals surface area (Å²) in [4.78, 5) is 13.9. The van der Waals surface area contributed by atoms with Gasteiger partial charge in [-0.25, -0.2) is 4.79 Å². The minimum atomic E-state index is 0.00894. The molecule has 0 unspecified atom stereocenters. The van der Waals surface area contributed by atoms with Gasteiger partial charge < -0.3 is 15.0 Å². The van der Waals surface area contributed by atoms with Crippen LogP contribution in [0.1, 0.15) is 25.7 Å². The average molecular weight is 297 g/mol. The lowest BCUT2D eigenvalue weighted by Gasteiger charge is -2.20. The molecule has 2 rings (SSSR count). The average Bonchev–Trinajstić information content (AvgIpc) is 2.74. The first-order valence-electron chi connectivity index (χ1n) is 7.17. The van der Waals surface area contributed by atoms with Crippen molar-refractivity contribution in [3.05, 3.63) is 29.3 Å². The molecule has 1 aliphatic rings. The van der Waals surface area contributed by atoms with Gasteiger partial charge in [0.15, 0.2) is 0 Å². The molecule has 110 valence electrons. The Morgan fingerprint density at radius 1 is 1.20 bits per heavy atom. The number of nitrogens with zero attached hydrogens (tertiary/aromatic N) is 1. The molecule has 0 saturated carbocycles. The van der Waals surface area contributed by atoms with Gasteiger partial charge in [0.2, 0.25) is 0 Å². The molecule has 1 fully saturated rings. The Hall–Kier alpha value is -1.42. The molecular weight excluding hydrogens is 276 g/mol. The summed E-state index contributed by atoms with van der Waals surface area (Å²) in [5.41, 5.74) is 0. The smallest absolute Gasteiger partial charge is 0.317 e. The molecule has 1 aliphatic heterocycles. The largest absolute Gasteiger partial charge is 0.490 e. The zero-order chi connectivity index (χ0) is 14.2. The van der Waals surface area contributed by atoms with Gasteiger partial charge in [-0.05, 0) is 25.0 Å². The van der Waals surface area contributed by atoms with Crippen molar-refractivity contribution in [2.75, 3.05) is 26.2 Å².